The number of aromatic nitrogens is 7. The molecule has 0 unspecified atom stereocenters. The summed E-state index contributed by atoms with van der Waals surface area (Å²) in [6.07, 6.45) is 12.3. The molecule has 0 atom stereocenters. The van der Waals surface area contributed by atoms with E-state index in [-0.39, 0.29) is 0 Å². The van der Waals surface area contributed by atoms with E-state index in [2.05, 4.69) is 66.0 Å². The highest BCUT2D eigenvalue weighted by Crippen LogP contribution is 2.33. The third-order valence-electron chi connectivity index (χ3n) is 8.07. The summed E-state index contributed by atoms with van der Waals surface area (Å²) < 4.78 is 0. The van der Waals surface area contributed by atoms with Crippen molar-refractivity contribution in [2.45, 2.75) is 25.7 Å². The molecule has 0 bridgehead atoms. The number of aromatic amines is 2. The summed E-state index contributed by atoms with van der Waals surface area (Å²) >= 11 is 0. The SMILES string of the molecule is C=C(Nc1cncc(-c2cc3c(-c4nc5nccc(N6CCN(C)CC6)c5[nH]4)n[nH]c3cn2)c1)C1CCCC1. The number of fused-ring (bicyclic) bond motifs is 2. The average Bonchev–Trinajstić information content (AvgIpc) is 3.73. The number of nitrogens with one attached hydrogen (secondary N) is 3. The predicted octanol–water partition coefficient (Wildman–Crippen LogP) is 4.83. The standard InChI is InChI=1S/C29H32N10/c1-18(19-5-3-4-6-19)33-21-13-20(15-30-16-21)23-14-22-24(17-32-23)36-37-26(22)29-34-27-25(7-8-31-28(27)35-29)39-11-9-38(2)10-12-39/h7-8,13-17,19,33H,1,3-6,9-12H2,2H3,(H,36,37)(H,31,34,35). The van der Waals surface area contributed by atoms with Gasteiger partial charge in [0.15, 0.2) is 11.5 Å². The van der Waals surface area contributed by atoms with Crippen LogP contribution in [0.1, 0.15) is 25.7 Å². The van der Waals surface area contributed by atoms with Gasteiger partial charge >= 0.3 is 0 Å². The van der Waals surface area contributed by atoms with E-state index in [1.165, 1.54) is 25.7 Å². The van der Waals surface area contributed by atoms with Gasteiger partial charge in [0.1, 0.15) is 11.2 Å². The quantitative estimate of drug-likeness (QED) is 0.292. The Bertz CT molecular complexity index is 1650. The summed E-state index contributed by atoms with van der Waals surface area (Å²) in [6.45, 7) is 8.29. The molecule has 198 valence electrons. The van der Waals surface area contributed by atoms with E-state index in [0.29, 0.717) is 17.4 Å². The number of piperazine rings is 1. The van der Waals surface area contributed by atoms with E-state index in [9.17, 15) is 0 Å². The van der Waals surface area contributed by atoms with Crippen molar-refractivity contribution in [1.82, 2.24) is 40.0 Å². The van der Waals surface area contributed by atoms with Crippen molar-refractivity contribution in [3.8, 4) is 22.8 Å². The molecule has 1 aliphatic carbocycles. The number of H-pyrrole nitrogens is 2. The summed E-state index contributed by atoms with van der Waals surface area (Å²) in [5.74, 6) is 1.22. The Morgan fingerprint density at radius 3 is 2.74 bits per heavy atom. The van der Waals surface area contributed by atoms with E-state index in [1.54, 1.807) is 0 Å². The van der Waals surface area contributed by atoms with Gasteiger partial charge in [-0.25, -0.2) is 9.97 Å². The Labute approximate surface area is 226 Å². The summed E-state index contributed by atoms with van der Waals surface area (Å²) in [6, 6.07) is 6.19. The van der Waals surface area contributed by atoms with E-state index in [4.69, 9.17) is 9.97 Å². The Balaban J connectivity index is 1.21. The molecule has 2 aliphatic rings. The first kappa shape index (κ1) is 23.8. The van der Waals surface area contributed by atoms with Gasteiger partial charge in [-0.3, -0.25) is 15.1 Å². The van der Waals surface area contributed by atoms with Gasteiger partial charge in [-0.1, -0.05) is 19.4 Å². The summed E-state index contributed by atoms with van der Waals surface area (Å²) in [4.78, 5) is 26.8. The van der Waals surface area contributed by atoms with E-state index in [1.807, 2.05) is 30.9 Å². The monoisotopic (exact) mass is 520 g/mol. The molecule has 10 nitrogen and oxygen atoms in total. The van der Waals surface area contributed by atoms with Gasteiger partial charge < -0.3 is 20.1 Å². The van der Waals surface area contributed by atoms with Crippen LogP contribution in [0, 0.1) is 5.92 Å². The van der Waals surface area contributed by atoms with Gasteiger partial charge in [0, 0.05) is 55.2 Å². The van der Waals surface area contributed by atoms with Crippen molar-refractivity contribution in [3.05, 3.63) is 55.3 Å². The minimum atomic E-state index is 0.534. The van der Waals surface area contributed by atoms with Gasteiger partial charge in [-0.15, -0.1) is 0 Å². The largest absolute Gasteiger partial charge is 0.367 e. The number of nitrogens with zero attached hydrogens (tertiary/aromatic N) is 7. The maximum Gasteiger partial charge on any atom is 0.180 e. The van der Waals surface area contributed by atoms with Crippen LogP contribution in [0.25, 0.3) is 44.8 Å². The first-order valence-electron chi connectivity index (χ1n) is 13.7. The van der Waals surface area contributed by atoms with Crippen molar-refractivity contribution in [2.24, 2.45) is 5.92 Å². The van der Waals surface area contributed by atoms with Crippen molar-refractivity contribution < 1.29 is 0 Å². The fraction of sp³-hybridized carbons (Fsp3) is 0.345. The second kappa shape index (κ2) is 9.77. The van der Waals surface area contributed by atoms with E-state index >= 15 is 0 Å². The Hall–Kier alpha value is -4.31. The molecule has 2 fully saturated rings. The molecule has 1 aliphatic heterocycles. The molecule has 3 N–H and O–H groups in total. The molecular weight excluding hydrogens is 488 g/mol. The molecule has 10 heteroatoms. The summed E-state index contributed by atoms with van der Waals surface area (Å²) in [5, 5.41) is 12.1. The van der Waals surface area contributed by atoms with Crippen LogP contribution in [-0.4, -0.2) is 73.2 Å². The topological polar surface area (TPSA) is 115 Å². The third kappa shape index (κ3) is 4.50. The number of pyridine rings is 3. The lowest BCUT2D eigenvalue weighted by atomic mass is 10.0. The molecule has 5 aromatic heterocycles. The number of hydrogen-bond acceptors (Lipinski definition) is 8. The van der Waals surface area contributed by atoms with Crippen LogP contribution in [-0.2, 0) is 0 Å². The average molecular weight is 521 g/mol. The number of hydrogen-bond donors (Lipinski definition) is 3. The van der Waals surface area contributed by atoms with Crippen LogP contribution >= 0.6 is 0 Å². The highest BCUT2D eigenvalue weighted by molar-refractivity contribution is 5.96. The first-order chi connectivity index (χ1) is 19.1. The van der Waals surface area contributed by atoms with Crippen LogP contribution in [0.15, 0.2) is 55.3 Å². The molecule has 1 saturated carbocycles. The molecule has 5 aromatic rings. The summed E-state index contributed by atoms with van der Waals surface area (Å²) in [7, 11) is 2.16. The van der Waals surface area contributed by atoms with Crippen LogP contribution in [0.3, 0.4) is 0 Å². The van der Waals surface area contributed by atoms with Gasteiger partial charge in [0.2, 0.25) is 0 Å². The van der Waals surface area contributed by atoms with Crippen molar-refractivity contribution in [2.75, 3.05) is 43.4 Å². The lowest BCUT2D eigenvalue weighted by Gasteiger charge is -2.34. The minimum Gasteiger partial charge on any atom is -0.367 e. The van der Waals surface area contributed by atoms with Crippen LogP contribution < -0.4 is 10.2 Å². The molecule has 0 radical (unpaired) electrons. The fourth-order valence-electron chi connectivity index (χ4n) is 5.79. The molecular formula is C29H32N10. The fourth-order valence-corrected chi connectivity index (χ4v) is 5.79. The number of allylic oxidation sites excluding steroid dienone is 1. The van der Waals surface area contributed by atoms with Gasteiger partial charge in [0.05, 0.1) is 35.0 Å². The maximum absolute atomic E-state index is 4.82. The zero-order valence-electron chi connectivity index (χ0n) is 22.1. The third-order valence-corrected chi connectivity index (χ3v) is 8.07. The minimum absolute atomic E-state index is 0.534. The van der Waals surface area contributed by atoms with E-state index in [0.717, 1.165) is 76.6 Å². The lowest BCUT2D eigenvalue weighted by molar-refractivity contribution is 0.313. The maximum atomic E-state index is 4.82. The highest BCUT2D eigenvalue weighted by Gasteiger charge is 2.21. The molecule has 0 amide bonds. The highest BCUT2D eigenvalue weighted by atomic mass is 15.3. The smallest absolute Gasteiger partial charge is 0.180 e. The second-order valence-corrected chi connectivity index (χ2v) is 10.7. The Morgan fingerprint density at radius 2 is 1.90 bits per heavy atom. The lowest BCUT2D eigenvalue weighted by Crippen LogP contribution is -2.44. The number of anilines is 2. The van der Waals surface area contributed by atoms with Crippen molar-refractivity contribution in [1.29, 1.82) is 0 Å². The normalized spacial score (nSPS) is 16.9. The summed E-state index contributed by atoms with van der Waals surface area (Å²) in [5.41, 5.74) is 8.09. The molecule has 39 heavy (non-hydrogen) atoms. The van der Waals surface area contributed by atoms with Gasteiger partial charge in [-0.2, -0.15) is 5.10 Å². The van der Waals surface area contributed by atoms with Gasteiger partial charge in [-0.05, 0) is 44.0 Å². The van der Waals surface area contributed by atoms with E-state index < -0.39 is 0 Å². The number of rotatable bonds is 6. The Kier molecular flexibility index (Phi) is 5.96. The molecule has 0 aromatic carbocycles. The zero-order chi connectivity index (χ0) is 26.3. The molecule has 6 heterocycles. The first-order valence-corrected chi connectivity index (χ1v) is 13.7. The van der Waals surface area contributed by atoms with Crippen molar-refractivity contribution in [3.63, 3.8) is 0 Å². The molecule has 7 rings (SSSR count). The Morgan fingerprint density at radius 1 is 1.05 bits per heavy atom. The number of likely N-dealkylation sites (N-methyl/N-ethyl adjacent to an activating group) is 1. The molecule has 1 saturated heterocycles. The molecule has 0 spiro atoms. The second-order valence-electron chi connectivity index (χ2n) is 10.7. The van der Waals surface area contributed by atoms with Crippen LogP contribution in [0.2, 0.25) is 0 Å². The number of imidazole rings is 1. The zero-order valence-corrected chi connectivity index (χ0v) is 22.1. The van der Waals surface area contributed by atoms with Gasteiger partial charge in [0.25, 0.3) is 0 Å². The van der Waals surface area contributed by atoms with Crippen LogP contribution in [0.4, 0.5) is 11.4 Å². The van der Waals surface area contributed by atoms with Crippen molar-refractivity contribution >= 4 is 33.4 Å². The van der Waals surface area contributed by atoms with Crippen LogP contribution in [0.5, 0.6) is 0 Å². The predicted molar refractivity (Wildman–Crippen MR) is 154 cm³/mol.